The molecule has 0 aromatic rings. The monoisotopic (exact) mass is 942 g/mol. The second-order valence-electron chi connectivity index (χ2n) is 21.0. The highest BCUT2D eigenvalue weighted by atomic mass is 16.3. The van der Waals surface area contributed by atoms with E-state index in [1.807, 2.05) is 6.08 Å². The summed E-state index contributed by atoms with van der Waals surface area (Å²) in [6.07, 6.45) is 74.9. The topological polar surface area (TPSA) is 89.8 Å². The average molecular weight is 943 g/mol. The first-order valence-corrected chi connectivity index (χ1v) is 30.3. The van der Waals surface area contributed by atoms with E-state index < -0.39 is 18.2 Å². The van der Waals surface area contributed by atoms with Gasteiger partial charge in [0.1, 0.15) is 0 Å². The zero-order valence-electron chi connectivity index (χ0n) is 45.3. The largest absolute Gasteiger partial charge is 0.394 e. The van der Waals surface area contributed by atoms with Gasteiger partial charge in [-0.3, -0.25) is 4.79 Å². The Kier molecular flexibility index (Phi) is 55.9. The fourth-order valence-corrected chi connectivity index (χ4v) is 9.55. The summed E-state index contributed by atoms with van der Waals surface area (Å²) in [6.45, 7) is 4.25. The van der Waals surface area contributed by atoms with E-state index in [9.17, 15) is 20.1 Å². The van der Waals surface area contributed by atoms with Crippen molar-refractivity contribution < 1.29 is 20.1 Å². The van der Waals surface area contributed by atoms with Crippen LogP contribution in [0.25, 0.3) is 0 Å². The van der Waals surface area contributed by atoms with Crippen LogP contribution in [0.4, 0.5) is 0 Å². The smallest absolute Gasteiger partial charge is 0.222 e. The Morgan fingerprint density at radius 1 is 0.388 bits per heavy atom. The molecule has 0 aliphatic rings. The predicted molar refractivity (Wildman–Crippen MR) is 296 cm³/mol. The van der Waals surface area contributed by atoms with Gasteiger partial charge in [0.2, 0.25) is 5.91 Å². The molecule has 5 nitrogen and oxygen atoms in total. The van der Waals surface area contributed by atoms with E-state index in [1.165, 1.54) is 270 Å². The van der Waals surface area contributed by atoms with Crippen LogP contribution in [0.3, 0.4) is 0 Å². The zero-order valence-corrected chi connectivity index (χ0v) is 45.3. The van der Waals surface area contributed by atoms with Gasteiger partial charge in [0.05, 0.1) is 31.3 Å². The SMILES string of the molecule is CCCCCCCCCCC/C=C\C/C=C\CCCCCCCCCCCCCC(O)CC(=O)NC(CO)C(O)/C=C/CCCCCCCCCCCCCCCCCCCCCCCCC. The third-order valence-electron chi connectivity index (χ3n) is 14.2. The first-order valence-electron chi connectivity index (χ1n) is 30.3. The molecule has 0 aliphatic carbocycles. The van der Waals surface area contributed by atoms with Crippen molar-refractivity contribution in [2.75, 3.05) is 6.61 Å². The number of carbonyl (C=O) groups is 1. The number of rotatable bonds is 56. The van der Waals surface area contributed by atoms with Gasteiger partial charge in [-0.05, 0) is 51.4 Å². The summed E-state index contributed by atoms with van der Waals surface area (Å²) in [7, 11) is 0. The third kappa shape index (κ3) is 53.8. The number of aliphatic hydroxyl groups excluding tert-OH is 3. The highest BCUT2D eigenvalue weighted by molar-refractivity contribution is 5.76. The maximum Gasteiger partial charge on any atom is 0.222 e. The molecule has 0 heterocycles. The van der Waals surface area contributed by atoms with E-state index in [1.54, 1.807) is 6.08 Å². The van der Waals surface area contributed by atoms with E-state index in [0.717, 1.165) is 32.1 Å². The Balaban J connectivity index is 3.56. The number of amides is 1. The van der Waals surface area contributed by atoms with Crippen molar-refractivity contribution in [3.05, 3.63) is 36.5 Å². The second kappa shape index (κ2) is 57.2. The Labute approximate surface area is 419 Å². The van der Waals surface area contributed by atoms with Gasteiger partial charge < -0.3 is 20.6 Å². The molecule has 0 fully saturated rings. The standard InChI is InChI=1S/C62H119NO4/c1-3-5-7-9-11-13-15-17-19-21-23-25-27-29-30-32-33-35-37-39-41-43-45-47-49-51-53-55-59(65)57-62(67)63-60(58-64)61(66)56-54-52-50-48-46-44-42-40-38-36-34-31-28-26-24-22-20-18-16-14-12-10-8-6-4-2/h23,25,29-30,54,56,59-61,64-66H,3-22,24,26-28,31-53,55,57-58H2,1-2H3,(H,63,67)/b25-23-,30-29-,56-54+. The number of carbonyl (C=O) groups excluding carboxylic acids is 1. The highest BCUT2D eigenvalue weighted by Crippen LogP contribution is 2.18. The van der Waals surface area contributed by atoms with Gasteiger partial charge in [-0.1, -0.05) is 307 Å². The van der Waals surface area contributed by atoms with Gasteiger partial charge in [0.25, 0.3) is 0 Å². The van der Waals surface area contributed by atoms with Gasteiger partial charge in [-0.25, -0.2) is 0 Å². The van der Waals surface area contributed by atoms with Crippen LogP contribution in [0.2, 0.25) is 0 Å². The van der Waals surface area contributed by atoms with Gasteiger partial charge >= 0.3 is 0 Å². The predicted octanol–water partition coefficient (Wildman–Crippen LogP) is 19.0. The summed E-state index contributed by atoms with van der Waals surface area (Å²) in [5.41, 5.74) is 0. The molecule has 5 heteroatoms. The number of aliphatic hydroxyl groups is 3. The quantitative estimate of drug-likeness (QED) is 0.0361. The molecule has 0 rings (SSSR count). The molecule has 3 atom stereocenters. The zero-order chi connectivity index (χ0) is 48.6. The van der Waals surface area contributed by atoms with Crippen LogP contribution in [0.5, 0.6) is 0 Å². The lowest BCUT2D eigenvalue weighted by Gasteiger charge is -2.21. The molecule has 0 aliphatic heterocycles. The summed E-state index contributed by atoms with van der Waals surface area (Å²) >= 11 is 0. The van der Waals surface area contributed by atoms with Gasteiger partial charge in [0, 0.05) is 0 Å². The van der Waals surface area contributed by atoms with Crippen molar-refractivity contribution >= 4 is 5.91 Å². The van der Waals surface area contributed by atoms with Gasteiger partial charge in [-0.15, -0.1) is 0 Å². The first-order chi connectivity index (χ1) is 33.0. The van der Waals surface area contributed by atoms with Crippen molar-refractivity contribution in [3.63, 3.8) is 0 Å². The Hall–Kier alpha value is -1.43. The molecule has 67 heavy (non-hydrogen) atoms. The molecular formula is C62H119NO4. The number of hydrogen-bond acceptors (Lipinski definition) is 4. The van der Waals surface area contributed by atoms with Crippen molar-refractivity contribution in [2.45, 2.75) is 347 Å². The molecule has 0 radical (unpaired) electrons. The normalized spacial score (nSPS) is 13.4. The summed E-state index contributed by atoms with van der Waals surface area (Å²) in [6, 6.07) is -0.746. The summed E-state index contributed by atoms with van der Waals surface area (Å²) in [5, 5.41) is 33.5. The Morgan fingerprint density at radius 2 is 0.672 bits per heavy atom. The van der Waals surface area contributed by atoms with Crippen molar-refractivity contribution in [3.8, 4) is 0 Å². The lowest BCUT2D eigenvalue weighted by molar-refractivity contribution is -0.124. The lowest BCUT2D eigenvalue weighted by Crippen LogP contribution is -2.45. The molecule has 0 aromatic heterocycles. The summed E-state index contributed by atoms with van der Waals surface area (Å²) < 4.78 is 0. The maximum absolute atomic E-state index is 12.5. The number of hydrogen-bond donors (Lipinski definition) is 4. The number of nitrogens with one attached hydrogen (secondary N) is 1. The van der Waals surface area contributed by atoms with Crippen LogP contribution in [-0.4, -0.2) is 46.1 Å². The first kappa shape index (κ1) is 65.6. The van der Waals surface area contributed by atoms with Crippen LogP contribution in [0.1, 0.15) is 328 Å². The fraction of sp³-hybridized carbons (Fsp3) is 0.887. The lowest BCUT2D eigenvalue weighted by atomic mass is 10.0. The minimum Gasteiger partial charge on any atom is -0.394 e. The maximum atomic E-state index is 12.5. The molecular weight excluding hydrogens is 823 g/mol. The molecule has 0 saturated heterocycles. The minimum atomic E-state index is -0.931. The van der Waals surface area contributed by atoms with Crippen molar-refractivity contribution in [1.82, 2.24) is 5.32 Å². The molecule has 1 amide bonds. The van der Waals surface area contributed by atoms with Crippen molar-refractivity contribution in [1.29, 1.82) is 0 Å². The molecule has 3 unspecified atom stereocenters. The minimum absolute atomic E-state index is 0.0134. The average Bonchev–Trinajstić information content (AvgIpc) is 3.32. The van der Waals surface area contributed by atoms with Gasteiger partial charge in [-0.2, -0.15) is 0 Å². The molecule has 0 saturated carbocycles. The third-order valence-corrected chi connectivity index (χ3v) is 14.2. The molecule has 0 aromatic carbocycles. The summed E-state index contributed by atoms with van der Waals surface area (Å²) in [5.74, 6) is -0.312. The molecule has 4 N–H and O–H groups in total. The molecule has 396 valence electrons. The number of unbranched alkanes of at least 4 members (excludes halogenated alkanes) is 43. The molecule has 0 spiro atoms. The van der Waals surface area contributed by atoms with E-state index in [-0.39, 0.29) is 18.9 Å². The summed E-state index contributed by atoms with van der Waals surface area (Å²) in [4.78, 5) is 12.5. The van der Waals surface area contributed by atoms with Crippen LogP contribution >= 0.6 is 0 Å². The van der Waals surface area contributed by atoms with E-state index in [2.05, 4.69) is 43.5 Å². The second-order valence-corrected chi connectivity index (χ2v) is 21.0. The Bertz CT molecular complexity index is 1040. The van der Waals surface area contributed by atoms with Gasteiger partial charge in [0.15, 0.2) is 0 Å². The van der Waals surface area contributed by atoms with Crippen LogP contribution < -0.4 is 5.32 Å². The van der Waals surface area contributed by atoms with E-state index in [4.69, 9.17) is 0 Å². The van der Waals surface area contributed by atoms with Crippen molar-refractivity contribution in [2.24, 2.45) is 0 Å². The fourth-order valence-electron chi connectivity index (χ4n) is 9.55. The van der Waals surface area contributed by atoms with E-state index in [0.29, 0.717) is 6.42 Å². The molecule has 0 bridgehead atoms. The van der Waals surface area contributed by atoms with Crippen LogP contribution in [0.15, 0.2) is 36.5 Å². The number of allylic oxidation sites excluding steroid dienone is 5. The van der Waals surface area contributed by atoms with Crippen LogP contribution in [-0.2, 0) is 4.79 Å². The Morgan fingerprint density at radius 3 is 0.985 bits per heavy atom. The highest BCUT2D eigenvalue weighted by Gasteiger charge is 2.20. The van der Waals surface area contributed by atoms with Crippen LogP contribution in [0, 0.1) is 0 Å². The van der Waals surface area contributed by atoms with E-state index >= 15 is 0 Å².